The Hall–Kier alpha value is -3.09. The molecule has 146 valence electrons. The predicted octanol–water partition coefficient (Wildman–Crippen LogP) is 3.65. The highest BCUT2D eigenvalue weighted by molar-refractivity contribution is 5.57. The topological polar surface area (TPSA) is 74.1 Å². The van der Waals surface area contributed by atoms with Crippen LogP contribution in [0.1, 0.15) is 37.7 Å². The molecule has 0 fully saturated rings. The molecular formula is C21H25N5O2. The van der Waals surface area contributed by atoms with Crippen molar-refractivity contribution >= 4 is 5.69 Å². The molecule has 0 spiro atoms. The summed E-state index contributed by atoms with van der Waals surface area (Å²) in [6, 6.07) is 12.1. The molecule has 1 aliphatic heterocycles. The number of hydrogen-bond donors (Lipinski definition) is 1. The summed E-state index contributed by atoms with van der Waals surface area (Å²) in [5, 5.41) is 16.2. The Balaban J connectivity index is 1.69. The number of fused-ring (bicyclic) bond motifs is 1. The van der Waals surface area contributed by atoms with Gasteiger partial charge < -0.3 is 14.8 Å². The summed E-state index contributed by atoms with van der Waals surface area (Å²) in [4.78, 5) is 0. The van der Waals surface area contributed by atoms with Gasteiger partial charge in [-0.3, -0.25) is 0 Å². The number of tetrazole rings is 1. The molecule has 0 aliphatic carbocycles. The van der Waals surface area contributed by atoms with Gasteiger partial charge in [-0.1, -0.05) is 25.1 Å². The highest BCUT2D eigenvalue weighted by atomic mass is 16.6. The van der Waals surface area contributed by atoms with Crippen LogP contribution < -0.4 is 14.8 Å². The molecule has 3 aromatic rings. The van der Waals surface area contributed by atoms with E-state index in [1.54, 1.807) is 0 Å². The van der Waals surface area contributed by atoms with Crippen LogP contribution in [-0.4, -0.2) is 33.4 Å². The number of ether oxygens (including phenoxy) is 2. The van der Waals surface area contributed by atoms with E-state index in [1.807, 2.05) is 22.9 Å². The maximum absolute atomic E-state index is 5.70. The van der Waals surface area contributed by atoms with Crippen LogP contribution in [0.2, 0.25) is 0 Å². The van der Waals surface area contributed by atoms with Crippen molar-refractivity contribution in [2.45, 2.75) is 39.7 Å². The summed E-state index contributed by atoms with van der Waals surface area (Å²) < 4.78 is 13.2. The Morgan fingerprint density at radius 3 is 2.68 bits per heavy atom. The van der Waals surface area contributed by atoms with E-state index in [-0.39, 0.29) is 0 Å². The zero-order valence-electron chi connectivity index (χ0n) is 16.7. The average Bonchev–Trinajstić information content (AvgIpc) is 3.17. The van der Waals surface area contributed by atoms with Gasteiger partial charge >= 0.3 is 0 Å². The zero-order chi connectivity index (χ0) is 19.7. The van der Waals surface area contributed by atoms with Gasteiger partial charge in [0.15, 0.2) is 17.3 Å². The van der Waals surface area contributed by atoms with Crippen molar-refractivity contribution in [3.8, 4) is 17.2 Å². The number of rotatable bonds is 5. The van der Waals surface area contributed by atoms with E-state index in [4.69, 9.17) is 9.47 Å². The minimum Gasteiger partial charge on any atom is -0.486 e. The van der Waals surface area contributed by atoms with E-state index in [0.717, 1.165) is 40.7 Å². The number of aryl methyl sites for hydroxylation is 2. The van der Waals surface area contributed by atoms with Crippen LogP contribution in [-0.2, 0) is 12.0 Å². The first-order valence-electron chi connectivity index (χ1n) is 9.55. The summed E-state index contributed by atoms with van der Waals surface area (Å²) in [6.45, 7) is 9.50. The molecule has 7 heteroatoms. The Bertz CT molecular complexity index is 996. The molecule has 2 heterocycles. The highest BCUT2D eigenvalue weighted by Gasteiger charge is 2.29. The molecule has 1 N–H and O–H groups in total. The van der Waals surface area contributed by atoms with E-state index in [2.05, 4.69) is 66.7 Å². The lowest BCUT2D eigenvalue weighted by Gasteiger charge is -2.28. The number of aromatic nitrogens is 4. The van der Waals surface area contributed by atoms with Crippen LogP contribution in [0.5, 0.6) is 11.5 Å². The van der Waals surface area contributed by atoms with Gasteiger partial charge in [-0.2, -0.15) is 4.68 Å². The van der Waals surface area contributed by atoms with E-state index in [9.17, 15) is 0 Å². The monoisotopic (exact) mass is 379 g/mol. The van der Waals surface area contributed by atoms with Crippen molar-refractivity contribution < 1.29 is 9.47 Å². The molecular weight excluding hydrogens is 354 g/mol. The molecule has 1 aromatic heterocycles. The molecule has 0 atom stereocenters. The second-order valence-electron chi connectivity index (χ2n) is 7.46. The number of nitrogens with one attached hydrogen (secondary N) is 1. The van der Waals surface area contributed by atoms with E-state index in [0.29, 0.717) is 13.2 Å². The van der Waals surface area contributed by atoms with Crippen molar-refractivity contribution in [1.29, 1.82) is 0 Å². The Morgan fingerprint density at radius 1 is 1.11 bits per heavy atom. The first-order chi connectivity index (χ1) is 13.5. The van der Waals surface area contributed by atoms with Crippen LogP contribution >= 0.6 is 0 Å². The Labute approximate surface area is 164 Å². The lowest BCUT2D eigenvalue weighted by Crippen LogP contribution is -2.32. The quantitative estimate of drug-likeness (QED) is 0.729. The summed E-state index contributed by atoms with van der Waals surface area (Å²) in [5.41, 5.74) is 3.80. The van der Waals surface area contributed by atoms with Crippen LogP contribution in [0.4, 0.5) is 5.69 Å². The van der Waals surface area contributed by atoms with Gasteiger partial charge in [0.1, 0.15) is 13.2 Å². The molecule has 0 saturated carbocycles. The third-order valence-corrected chi connectivity index (χ3v) is 4.94. The molecule has 0 unspecified atom stereocenters. The maximum atomic E-state index is 5.70. The minimum absolute atomic E-state index is 0.513. The summed E-state index contributed by atoms with van der Waals surface area (Å²) >= 11 is 0. The number of benzene rings is 2. The van der Waals surface area contributed by atoms with Gasteiger partial charge in [0.2, 0.25) is 0 Å². The first kappa shape index (κ1) is 18.3. The van der Waals surface area contributed by atoms with Crippen molar-refractivity contribution in [3.05, 3.63) is 53.3 Å². The zero-order valence-corrected chi connectivity index (χ0v) is 16.7. The first-order valence-corrected chi connectivity index (χ1v) is 9.55. The van der Waals surface area contributed by atoms with Crippen LogP contribution in [0.3, 0.4) is 0 Å². The molecule has 0 amide bonds. The number of nitrogens with zero attached hydrogens (tertiary/aromatic N) is 4. The van der Waals surface area contributed by atoms with Gasteiger partial charge in [-0.05, 0) is 60.9 Å². The van der Waals surface area contributed by atoms with Gasteiger partial charge in [-0.25, -0.2) is 0 Å². The number of para-hydroxylation sites is 1. The van der Waals surface area contributed by atoms with Gasteiger partial charge in [0.05, 0.1) is 11.2 Å². The second kappa shape index (κ2) is 7.14. The fraction of sp³-hybridized carbons (Fsp3) is 0.381. The molecule has 1 aliphatic rings. The van der Waals surface area contributed by atoms with E-state index in [1.165, 1.54) is 5.56 Å². The van der Waals surface area contributed by atoms with Crippen molar-refractivity contribution in [2.24, 2.45) is 0 Å². The van der Waals surface area contributed by atoms with Crippen LogP contribution in [0.15, 0.2) is 36.4 Å². The smallest absolute Gasteiger partial charge is 0.181 e. The summed E-state index contributed by atoms with van der Waals surface area (Å²) in [7, 11) is 0. The molecule has 0 radical (unpaired) electrons. The Kier molecular flexibility index (Phi) is 4.66. The highest BCUT2D eigenvalue weighted by Crippen LogP contribution is 2.35. The fourth-order valence-corrected chi connectivity index (χ4v) is 3.57. The van der Waals surface area contributed by atoms with Crippen molar-refractivity contribution in [1.82, 2.24) is 20.2 Å². The summed E-state index contributed by atoms with van der Waals surface area (Å²) in [6.07, 6.45) is 0.909. The van der Waals surface area contributed by atoms with Gasteiger partial charge in [0.25, 0.3) is 0 Å². The SMILES string of the molecule is CCc1cccc(C)c1-n1nnnc1C(C)(C)Nc1ccc2c(c1)OCCO2. The third-order valence-electron chi connectivity index (χ3n) is 4.94. The van der Waals surface area contributed by atoms with E-state index < -0.39 is 5.54 Å². The predicted molar refractivity (Wildman–Crippen MR) is 107 cm³/mol. The van der Waals surface area contributed by atoms with Crippen molar-refractivity contribution in [3.63, 3.8) is 0 Å². The molecule has 2 aromatic carbocycles. The number of hydrogen-bond acceptors (Lipinski definition) is 6. The Morgan fingerprint density at radius 2 is 1.89 bits per heavy atom. The maximum Gasteiger partial charge on any atom is 0.181 e. The normalized spacial score (nSPS) is 13.4. The fourth-order valence-electron chi connectivity index (χ4n) is 3.57. The molecule has 28 heavy (non-hydrogen) atoms. The molecule has 7 nitrogen and oxygen atoms in total. The van der Waals surface area contributed by atoms with Crippen LogP contribution in [0, 0.1) is 6.92 Å². The van der Waals surface area contributed by atoms with Gasteiger partial charge in [-0.15, -0.1) is 5.10 Å². The average molecular weight is 379 g/mol. The van der Waals surface area contributed by atoms with Crippen LogP contribution in [0.25, 0.3) is 5.69 Å². The lowest BCUT2D eigenvalue weighted by molar-refractivity contribution is 0.171. The summed E-state index contributed by atoms with van der Waals surface area (Å²) in [5.74, 6) is 2.26. The molecule has 0 saturated heterocycles. The standard InChI is InChI=1S/C21H25N5O2/c1-5-15-8-6-7-14(2)19(15)26-20(23-24-25-26)21(3,4)22-16-9-10-17-18(13-16)28-12-11-27-17/h6-10,13,22H,5,11-12H2,1-4H3. The largest absolute Gasteiger partial charge is 0.486 e. The second-order valence-corrected chi connectivity index (χ2v) is 7.46. The molecule has 4 rings (SSSR count). The molecule has 0 bridgehead atoms. The third kappa shape index (κ3) is 3.28. The number of anilines is 1. The lowest BCUT2D eigenvalue weighted by atomic mass is 10.0. The van der Waals surface area contributed by atoms with Crippen molar-refractivity contribution in [2.75, 3.05) is 18.5 Å². The van der Waals surface area contributed by atoms with Gasteiger partial charge in [0, 0.05) is 11.8 Å². The van der Waals surface area contributed by atoms with E-state index >= 15 is 0 Å². The minimum atomic E-state index is -0.513.